The number of anilines is 1. The third kappa shape index (κ3) is 12.2. The van der Waals surface area contributed by atoms with Crippen LogP contribution in [0.1, 0.15) is 31.7 Å². The van der Waals surface area contributed by atoms with Crippen molar-refractivity contribution in [2.75, 3.05) is 5.32 Å². The van der Waals surface area contributed by atoms with E-state index in [1.54, 1.807) is 0 Å². The number of aryl methyl sites for hydroxylation is 1. The van der Waals surface area contributed by atoms with E-state index in [-0.39, 0.29) is 17.1 Å². The standard InChI is InChI=1S/C12H17NOS.CH3NOS.Cu/c1-2-3-4-7-10-8-5-6-9-11(10)13-12(14)15;2-1(3)4;/h5-6,8-9H,2-4,7H2,1H3,(H2,13,14,15);(H3,2,3,4);/q;;+2/p-2. The number of benzene rings is 1. The Morgan fingerprint density at radius 3 is 2.25 bits per heavy atom. The van der Waals surface area contributed by atoms with Crippen molar-refractivity contribution in [1.82, 2.24) is 0 Å². The molecule has 0 aliphatic heterocycles. The first kappa shape index (κ1) is 21.4. The van der Waals surface area contributed by atoms with E-state index in [4.69, 9.17) is 5.11 Å². The molecule has 0 spiro atoms. The van der Waals surface area contributed by atoms with Crippen molar-refractivity contribution in [3.05, 3.63) is 29.8 Å². The van der Waals surface area contributed by atoms with Gasteiger partial charge in [0.2, 0.25) is 0 Å². The predicted octanol–water partition coefficient (Wildman–Crippen LogP) is 1.06. The summed E-state index contributed by atoms with van der Waals surface area (Å²) >= 11 is 8.27. The van der Waals surface area contributed by atoms with Crippen molar-refractivity contribution in [2.45, 2.75) is 32.6 Å². The van der Waals surface area contributed by atoms with Gasteiger partial charge >= 0.3 is 17.1 Å². The molecule has 0 saturated heterocycles. The molecule has 0 unspecified atom stereocenters. The molecule has 3 N–H and O–H groups in total. The monoisotopic (exact) mass is 361 g/mol. The Kier molecular flexibility index (Phi) is 14.0. The van der Waals surface area contributed by atoms with Crippen LogP contribution in [0, 0.1) is 0 Å². The van der Waals surface area contributed by atoms with E-state index in [2.05, 4.69) is 42.4 Å². The molecule has 0 atom stereocenters. The molecular formula is C13H18CuN2O2S2. The van der Waals surface area contributed by atoms with Crippen molar-refractivity contribution < 1.29 is 27.3 Å². The minimum absolute atomic E-state index is 0. The maximum atomic E-state index is 10.8. The van der Waals surface area contributed by atoms with Crippen molar-refractivity contribution in [1.29, 1.82) is 0 Å². The van der Waals surface area contributed by atoms with Crippen molar-refractivity contribution in [2.24, 2.45) is 5.73 Å². The van der Waals surface area contributed by atoms with Crippen LogP contribution in [0.15, 0.2) is 24.3 Å². The summed E-state index contributed by atoms with van der Waals surface area (Å²) < 4.78 is 0. The second-order valence-electron chi connectivity index (χ2n) is 3.85. The Labute approximate surface area is 141 Å². The van der Waals surface area contributed by atoms with Gasteiger partial charge in [0.05, 0.1) is 0 Å². The van der Waals surface area contributed by atoms with Gasteiger partial charge in [-0.2, -0.15) is 0 Å². The minimum atomic E-state index is -0.750. The Balaban J connectivity index is 0. The van der Waals surface area contributed by atoms with Gasteiger partial charge in [0, 0.05) is 16.0 Å². The summed E-state index contributed by atoms with van der Waals surface area (Å²) in [6, 6.07) is 7.83. The number of hydrogen-bond acceptors (Lipinski definition) is 4. The number of para-hydroxylation sites is 1. The minimum Gasteiger partial charge on any atom is -0.852 e. The van der Waals surface area contributed by atoms with Gasteiger partial charge in [0.25, 0.3) is 0 Å². The molecule has 0 fully saturated rings. The van der Waals surface area contributed by atoms with E-state index in [1.807, 2.05) is 24.3 Å². The topological polar surface area (TPSA) is 84.2 Å². The molecule has 1 radical (unpaired) electrons. The van der Waals surface area contributed by atoms with Gasteiger partial charge < -0.3 is 21.3 Å². The fourth-order valence-electron chi connectivity index (χ4n) is 1.54. The van der Waals surface area contributed by atoms with Crippen molar-refractivity contribution in [3.63, 3.8) is 0 Å². The van der Waals surface area contributed by atoms with Gasteiger partial charge in [-0.15, -0.1) is 0 Å². The summed E-state index contributed by atoms with van der Waals surface area (Å²) in [5.74, 6) is 0. The van der Waals surface area contributed by atoms with E-state index in [1.165, 1.54) is 18.4 Å². The summed E-state index contributed by atoms with van der Waals surface area (Å²) in [7, 11) is 0. The fraction of sp³-hybridized carbons (Fsp3) is 0.385. The molecule has 1 aromatic rings. The molecule has 0 aliphatic carbocycles. The van der Waals surface area contributed by atoms with E-state index in [9.17, 15) is 5.11 Å². The Morgan fingerprint density at radius 1 is 1.20 bits per heavy atom. The molecule has 0 aliphatic rings. The van der Waals surface area contributed by atoms with Crippen LogP contribution < -0.4 is 21.3 Å². The number of thiocarbonyl (C=S) groups is 2. The molecule has 20 heavy (non-hydrogen) atoms. The number of unbranched alkanes of at least 4 members (excludes halogenated alkanes) is 2. The molecule has 0 amide bonds. The van der Waals surface area contributed by atoms with Crippen LogP contribution in [0.4, 0.5) is 5.69 Å². The molecule has 0 bridgehead atoms. The van der Waals surface area contributed by atoms with Crippen molar-refractivity contribution >= 4 is 40.5 Å². The van der Waals surface area contributed by atoms with Crippen LogP contribution in [-0.2, 0) is 23.5 Å². The average molecular weight is 362 g/mol. The smallest absolute Gasteiger partial charge is 0.852 e. The molecule has 1 rings (SSSR count). The number of hydrogen-bond donors (Lipinski definition) is 2. The SMILES string of the molecule is CCCCCc1ccccc1NC([O-])=S.NC([O-])=S.[Cu+2]. The molecule has 115 valence electrons. The van der Waals surface area contributed by atoms with E-state index in [0.29, 0.717) is 0 Å². The number of nitrogens with one attached hydrogen (secondary N) is 1. The van der Waals surface area contributed by atoms with Gasteiger partial charge in [-0.3, -0.25) is 0 Å². The summed E-state index contributed by atoms with van der Waals surface area (Å²) in [4.78, 5) is 0. The van der Waals surface area contributed by atoms with Crippen LogP contribution >= 0.6 is 24.4 Å². The molecule has 7 heteroatoms. The first-order chi connectivity index (χ1) is 8.97. The Hall–Kier alpha value is -0.881. The number of nitrogens with two attached hydrogens (primary N) is 1. The zero-order chi connectivity index (χ0) is 14.7. The van der Waals surface area contributed by atoms with Gasteiger partial charge in [-0.25, -0.2) is 0 Å². The third-order valence-electron chi connectivity index (χ3n) is 2.30. The van der Waals surface area contributed by atoms with Gasteiger partial charge in [-0.05, 0) is 24.5 Å². The van der Waals surface area contributed by atoms with Gasteiger partial charge in [0.1, 0.15) is 0 Å². The average Bonchev–Trinajstić information content (AvgIpc) is 2.30. The largest absolute Gasteiger partial charge is 2.00 e. The quantitative estimate of drug-likeness (QED) is 0.463. The number of rotatable bonds is 5. The fourth-order valence-corrected chi connectivity index (χ4v) is 1.65. The summed E-state index contributed by atoms with van der Waals surface area (Å²) in [6.45, 7) is 2.18. The van der Waals surface area contributed by atoms with Gasteiger partial charge in [-0.1, -0.05) is 62.4 Å². The van der Waals surface area contributed by atoms with Crippen LogP contribution in [-0.4, -0.2) is 10.3 Å². The maximum absolute atomic E-state index is 10.8. The van der Waals surface area contributed by atoms with Crippen LogP contribution in [0.25, 0.3) is 0 Å². The van der Waals surface area contributed by atoms with Crippen LogP contribution in [0.2, 0.25) is 0 Å². The summed E-state index contributed by atoms with van der Waals surface area (Å²) in [5, 5.41) is 21.3. The zero-order valence-corrected chi connectivity index (χ0v) is 13.7. The molecule has 1 aromatic carbocycles. The van der Waals surface area contributed by atoms with E-state index >= 15 is 0 Å². The van der Waals surface area contributed by atoms with Crippen LogP contribution in [0.5, 0.6) is 0 Å². The predicted molar refractivity (Wildman–Crippen MR) is 82.7 cm³/mol. The normalized spacial score (nSPS) is 8.65. The summed E-state index contributed by atoms with van der Waals surface area (Å²) in [5.41, 5.74) is 6.31. The molecule has 0 heterocycles. The molecule has 0 saturated carbocycles. The summed E-state index contributed by atoms with van der Waals surface area (Å²) in [6.07, 6.45) is 4.58. The van der Waals surface area contributed by atoms with E-state index < -0.39 is 10.3 Å². The van der Waals surface area contributed by atoms with Gasteiger partial charge in [0.15, 0.2) is 0 Å². The third-order valence-corrected chi connectivity index (χ3v) is 2.41. The molecule has 0 aromatic heterocycles. The second-order valence-corrected chi connectivity index (χ2v) is 4.62. The molecule has 4 nitrogen and oxygen atoms in total. The maximum Gasteiger partial charge on any atom is 2.00 e. The van der Waals surface area contributed by atoms with Crippen molar-refractivity contribution in [3.8, 4) is 0 Å². The molecular weight excluding hydrogens is 344 g/mol. The first-order valence-corrected chi connectivity index (χ1v) is 6.81. The Bertz CT molecular complexity index is 413. The second kappa shape index (κ2) is 13.1. The zero-order valence-electron chi connectivity index (χ0n) is 11.1. The van der Waals surface area contributed by atoms with Crippen LogP contribution in [0.3, 0.4) is 0 Å². The Morgan fingerprint density at radius 2 is 1.75 bits per heavy atom. The first-order valence-electron chi connectivity index (χ1n) is 5.99. The van der Waals surface area contributed by atoms with E-state index in [0.717, 1.165) is 18.5 Å².